The number of aromatic nitrogens is 2. The minimum Gasteiger partial charge on any atom is -0.469 e. The Morgan fingerprint density at radius 2 is 2.32 bits per heavy atom. The van der Waals surface area contributed by atoms with Crippen LogP contribution in [0.3, 0.4) is 0 Å². The molecule has 0 aromatic carbocycles. The molecule has 19 heavy (non-hydrogen) atoms. The van der Waals surface area contributed by atoms with Crippen molar-refractivity contribution in [3.63, 3.8) is 0 Å². The lowest BCUT2D eigenvalue weighted by molar-refractivity contribution is -0.140. The van der Waals surface area contributed by atoms with Gasteiger partial charge in [-0.3, -0.25) is 4.79 Å². The molecule has 104 valence electrons. The summed E-state index contributed by atoms with van der Waals surface area (Å²) in [6.45, 7) is 3.48. The molecule has 7 heteroatoms. The van der Waals surface area contributed by atoms with Crippen molar-refractivity contribution in [2.75, 3.05) is 50.2 Å². The van der Waals surface area contributed by atoms with Crippen LogP contribution in [0.5, 0.6) is 0 Å². The Kier molecular flexibility index (Phi) is 4.91. The van der Waals surface area contributed by atoms with Crippen LogP contribution in [0, 0.1) is 0 Å². The monoisotopic (exact) mass is 266 g/mol. The van der Waals surface area contributed by atoms with Gasteiger partial charge in [-0.05, 0) is 6.07 Å². The predicted molar refractivity (Wildman–Crippen MR) is 70.2 cm³/mol. The van der Waals surface area contributed by atoms with Gasteiger partial charge >= 0.3 is 5.97 Å². The Bertz CT molecular complexity index is 421. The lowest BCUT2D eigenvalue weighted by Gasteiger charge is -2.26. The molecule has 1 aromatic rings. The number of ether oxygens (including phenoxy) is 2. The molecule has 1 aliphatic rings. The molecule has 1 aliphatic heterocycles. The van der Waals surface area contributed by atoms with Gasteiger partial charge in [0.25, 0.3) is 0 Å². The maximum Gasteiger partial charge on any atom is 0.307 e. The highest BCUT2D eigenvalue weighted by Gasteiger charge is 2.13. The Hall–Kier alpha value is -1.89. The minimum absolute atomic E-state index is 0.241. The number of hydrogen-bond donors (Lipinski definition) is 1. The molecule has 0 unspecified atom stereocenters. The van der Waals surface area contributed by atoms with Crippen LogP contribution in [-0.2, 0) is 14.3 Å². The van der Waals surface area contributed by atoms with Gasteiger partial charge in [0.05, 0.1) is 26.7 Å². The van der Waals surface area contributed by atoms with E-state index in [1.807, 2.05) is 0 Å². The highest BCUT2D eigenvalue weighted by atomic mass is 16.5. The maximum atomic E-state index is 11.0. The highest BCUT2D eigenvalue weighted by Crippen LogP contribution is 2.12. The van der Waals surface area contributed by atoms with Crippen molar-refractivity contribution in [1.82, 2.24) is 9.97 Å². The van der Waals surface area contributed by atoms with E-state index in [-0.39, 0.29) is 5.97 Å². The molecule has 0 aliphatic carbocycles. The van der Waals surface area contributed by atoms with Crippen molar-refractivity contribution in [3.8, 4) is 0 Å². The molecule has 1 fully saturated rings. The molecule has 0 spiro atoms. The summed E-state index contributed by atoms with van der Waals surface area (Å²) in [6.07, 6.45) is 2.02. The first-order valence-corrected chi connectivity index (χ1v) is 6.26. The zero-order chi connectivity index (χ0) is 13.5. The Balaban J connectivity index is 1.89. The summed E-state index contributed by atoms with van der Waals surface area (Å²) in [4.78, 5) is 21.7. The molecule has 2 heterocycles. The van der Waals surface area contributed by atoms with Crippen molar-refractivity contribution < 1.29 is 14.3 Å². The molecule has 0 atom stereocenters. The standard InChI is InChI=1S/C12H18N4O3/c1-18-11(17)3-5-13-10-2-4-14-12(15-10)16-6-8-19-9-7-16/h2,4H,3,5-9H2,1H3,(H,13,14,15). The van der Waals surface area contributed by atoms with E-state index in [0.717, 1.165) is 13.1 Å². The highest BCUT2D eigenvalue weighted by molar-refractivity contribution is 5.69. The van der Waals surface area contributed by atoms with E-state index in [9.17, 15) is 4.79 Å². The molecular weight excluding hydrogens is 248 g/mol. The minimum atomic E-state index is -0.241. The number of carbonyl (C=O) groups is 1. The summed E-state index contributed by atoms with van der Waals surface area (Å²) in [7, 11) is 1.38. The smallest absolute Gasteiger partial charge is 0.307 e. The van der Waals surface area contributed by atoms with Crippen LogP contribution in [0.15, 0.2) is 12.3 Å². The van der Waals surface area contributed by atoms with E-state index in [4.69, 9.17) is 4.74 Å². The molecule has 1 N–H and O–H groups in total. The van der Waals surface area contributed by atoms with Crippen molar-refractivity contribution in [3.05, 3.63) is 12.3 Å². The van der Waals surface area contributed by atoms with E-state index in [1.165, 1.54) is 7.11 Å². The molecule has 7 nitrogen and oxygen atoms in total. The fourth-order valence-electron chi connectivity index (χ4n) is 1.76. The summed E-state index contributed by atoms with van der Waals surface area (Å²) in [5, 5.41) is 3.08. The first-order chi connectivity index (χ1) is 9.29. The maximum absolute atomic E-state index is 11.0. The second kappa shape index (κ2) is 6.89. The van der Waals surface area contributed by atoms with Gasteiger partial charge in [0.1, 0.15) is 5.82 Å². The van der Waals surface area contributed by atoms with Crippen LogP contribution < -0.4 is 10.2 Å². The summed E-state index contributed by atoms with van der Waals surface area (Å²) < 4.78 is 9.86. The van der Waals surface area contributed by atoms with Crippen LogP contribution in [0.1, 0.15) is 6.42 Å². The zero-order valence-electron chi connectivity index (χ0n) is 11.0. The van der Waals surface area contributed by atoms with Gasteiger partial charge in [0.15, 0.2) is 0 Å². The van der Waals surface area contributed by atoms with Crippen LogP contribution in [0.25, 0.3) is 0 Å². The number of methoxy groups -OCH3 is 1. The number of nitrogens with one attached hydrogen (secondary N) is 1. The summed E-state index contributed by atoms with van der Waals surface area (Å²) in [5.41, 5.74) is 0. The lowest BCUT2D eigenvalue weighted by atomic mass is 10.4. The van der Waals surface area contributed by atoms with Crippen LogP contribution >= 0.6 is 0 Å². The van der Waals surface area contributed by atoms with E-state index in [2.05, 4.69) is 24.9 Å². The molecule has 2 rings (SSSR count). The van der Waals surface area contributed by atoms with E-state index in [0.29, 0.717) is 37.9 Å². The zero-order valence-corrected chi connectivity index (χ0v) is 11.0. The van der Waals surface area contributed by atoms with Crippen LogP contribution in [0.2, 0.25) is 0 Å². The number of anilines is 2. The number of hydrogen-bond acceptors (Lipinski definition) is 7. The summed E-state index contributed by atoms with van der Waals surface area (Å²) in [5.74, 6) is 1.15. The largest absolute Gasteiger partial charge is 0.469 e. The molecule has 1 saturated heterocycles. The quantitative estimate of drug-likeness (QED) is 0.767. The SMILES string of the molecule is COC(=O)CCNc1ccnc(N2CCOCC2)n1. The molecular formula is C12H18N4O3. The third-order valence-electron chi connectivity index (χ3n) is 2.80. The second-order valence-electron chi connectivity index (χ2n) is 4.09. The number of nitrogens with zero attached hydrogens (tertiary/aromatic N) is 3. The van der Waals surface area contributed by atoms with Crippen molar-refractivity contribution in [2.24, 2.45) is 0 Å². The van der Waals surface area contributed by atoms with Crippen molar-refractivity contribution >= 4 is 17.7 Å². The van der Waals surface area contributed by atoms with Crippen molar-refractivity contribution in [1.29, 1.82) is 0 Å². The van der Waals surface area contributed by atoms with Crippen molar-refractivity contribution in [2.45, 2.75) is 6.42 Å². The third-order valence-corrected chi connectivity index (χ3v) is 2.80. The first kappa shape index (κ1) is 13.5. The lowest BCUT2D eigenvalue weighted by Crippen LogP contribution is -2.37. The Labute approximate surface area is 111 Å². The average molecular weight is 266 g/mol. The first-order valence-electron chi connectivity index (χ1n) is 6.26. The van der Waals surface area contributed by atoms with Gasteiger partial charge < -0.3 is 19.7 Å². The van der Waals surface area contributed by atoms with Gasteiger partial charge in [0.2, 0.25) is 5.95 Å². The van der Waals surface area contributed by atoms with E-state index >= 15 is 0 Å². The third kappa shape index (κ3) is 4.06. The van der Waals surface area contributed by atoms with Crippen LogP contribution in [0.4, 0.5) is 11.8 Å². The average Bonchev–Trinajstić information content (AvgIpc) is 2.48. The number of carbonyl (C=O) groups excluding carboxylic acids is 1. The van der Waals surface area contributed by atoms with Gasteiger partial charge in [-0.2, -0.15) is 4.98 Å². The summed E-state index contributed by atoms with van der Waals surface area (Å²) >= 11 is 0. The van der Waals surface area contributed by atoms with E-state index in [1.54, 1.807) is 12.3 Å². The Morgan fingerprint density at radius 1 is 1.53 bits per heavy atom. The summed E-state index contributed by atoms with van der Waals surface area (Å²) in [6, 6.07) is 1.78. The molecule has 0 radical (unpaired) electrons. The van der Waals surface area contributed by atoms with Gasteiger partial charge in [0, 0.05) is 25.8 Å². The topological polar surface area (TPSA) is 76.6 Å². The molecule has 1 aromatic heterocycles. The number of esters is 1. The predicted octanol–water partition coefficient (Wildman–Crippen LogP) is 0.288. The van der Waals surface area contributed by atoms with Gasteiger partial charge in [-0.1, -0.05) is 0 Å². The normalized spacial score (nSPS) is 15.1. The number of morpholine rings is 1. The number of rotatable bonds is 5. The fraction of sp³-hybridized carbons (Fsp3) is 0.583. The molecule has 0 saturated carbocycles. The fourth-order valence-corrected chi connectivity index (χ4v) is 1.76. The van der Waals surface area contributed by atoms with E-state index < -0.39 is 0 Å². The van der Waals surface area contributed by atoms with Gasteiger partial charge in [-0.25, -0.2) is 4.98 Å². The van der Waals surface area contributed by atoms with Crippen LogP contribution in [-0.4, -0.2) is 55.9 Å². The molecule has 0 bridgehead atoms. The van der Waals surface area contributed by atoms with Gasteiger partial charge in [-0.15, -0.1) is 0 Å². The second-order valence-corrected chi connectivity index (χ2v) is 4.09. The Morgan fingerprint density at radius 3 is 3.05 bits per heavy atom. The molecule has 0 amide bonds.